The molecule has 5 rings (SSSR count). The standard InChI is InChI=1S/C47H58IN9O8S/c1-66-29-40(47(64)65)56-43(60)28-52-45(62)38(23-31-25-49-35-18-11-9-16-33(31)35)57-46(63)39(24-32-26-50-36-19-12-10-17-34(32)36)55-42(59)27-51-44(61)37(22-30-14-6-5-7-15-30)54-41(58)20-8-3-2-4-13-21-53-48/h5-7,9-12,14-19,25-26,37-40,49-50,53H,2-4,8,13,20-24,27-29H2,1H3,(H,51,61)(H,52,62)(H,54,58)(H,55,59)(H,56,60)(H,57,63)(H,64,65)/t37-,38-,39-,40-/m0/s1. The number of thioether (sulfide) groups is 1. The highest BCUT2D eigenvalue weighted by Gasteiger charge is 2.30. The normalized spacial score (nSPS) is 12.9. The summed E-state index contributed by atoms with van der Waals surface area (Å²) in [6, 6.07) is 19.4. The smallest absolute Gasteiger partial charge is 0.327 e. The van der Waals surface area contributed by atoms with Crippen LogP contribution in [0.5, 0.6) is 0 Å². The Balaban J connectivity index is 1.30. The molecule has 2 aromatic heterocycles. The van der Waals surface area contributed by atoms with Crippen molar-refractivity contribution in [2.24, 2.45) is 0 Å². The minimum Gasteiger partial charge on any atom is -0.480 e. The zero-order valence-corrected chi connectivity index (χ0v) is 39.7. The molecule has 19 heteroatoms. The second-order valence-corrected chi connectivity index (χ2v) is 17.5. The Morgan fingerprint density at radius 3 is 1.62 bits per heavy atom. The molecule has 4 atom stereocenters. The van der Waals surface area contributed by atoms with Crippen LogP contribution in [0.4, 0.5) is 0 Å². The number of amides is 6. The van der Waals surface area contributed by atoms with Gasteiger partial charge in [-0.1, -0.05) is 86.0 Å². The predicted molar refractivity (Wildman–Crippen MR) is 264 cm³/mol. The molecule has 6 amide bonds. The highest BCUT2D eigenvalue weighted by Crippen LogP contribution is 2.21. The van der Waals surface area contributed by atoms with Crippen LogP contribution in [0.3, 0.4) is 0 Å². The number of carboxylic acids is 1. The van der Waals surface area contributed by atoms with Gasteiger partial charge in [0, 0.05) is 95.0 Å². The number of halogens is 1. The van der Waals surface area contributed by atoms with Crippen LogP contribution in [-0.4, -0.2) is 112 Å². The van der Waals surface area contributed by atoms with E-state index < -0.39 is 72.8 Å². The minimum atomic E-state index is -1.26. The van der Waals surface area contributed by atoms with Gasteiger partial charge in [-0.25, -0.2) is 4.79 Å². The summed E-state index contributed by atoms with van der Waals surface area (Å²) in [5.74, 6) is -4.82. The Morgan fingerprint density at radius 1 is 0.576 bits per heavy atom. The van der Waals surface area contributed by atoms with E-state index in [2.05, 4.69) is 68.3 Å². The minimum absolute atomic E-state index is 0.00672. The third kappa shape index (κ3) is 16.2. The fraction of sp³-hybridized carbons (Fsp3) is 0.383. The van der Waals surface area contributed by atoms with E-state index in [1.54, 1.807) is 18.6 Å². The van der Waals surface area contributed by atoms with Gasteiger partial charge in [-0.3, -0.25) is 32.3 Å². The molecule has 0 aliphatic rings. The first-order valence-electron chi connectivity index (χ1n) is 21.9. The molecule has 3 aromatic carbocycles. The first kappa shape index (κ1) is 51.1. The van der Waals surface area contributed by atoms with E-state index in [-0.39, 0.29) is 37.3 Å². The molecule has 2 heterocycles. The molecule has 0 saturated heterocycles. The Bertz CT molecular complexity index is 2410. The monoisotopic (exact) mass is 1040 g/mol. The maximum Gasteiger partial charge on any atom is 0.327 e. The zero-order valence-electron chi connectivity index (χ0n) is 36.8. The van der Waals surface area contributed by atoms with Crippen molar-refractivity contribution < 1.29 is 38.7 Å². The molecule has 0 fully saturated rings. The molecule has 17 nitrogen and oxygen atoms in total. The molecule has 0 aliphatic heterocycles. The number of hydrogen-bond donors (Lipinski definition) is 10. The number of para-hydroxylation sites is 2. The topological polar surface area (TPSA) is 256 Å². The summed E-state index contributed by atoms with van der Waals surface area (Å²) in [5.41, 5.74) is 3.81. The van der Waals surface area contributed by atoms with Gasteiger partial charge >= 0.3 is 5.97 Å². The summed E-state index contributed by atoms with van der Waals surface area (Å²) < 4.78 is 3.10. The number of rotatable bonds is 28. The van der Waals surface area contributed by atoms with Crippen molar-refractivity contribution in [3.63, 3.8) is 0 Å². The molecule has 0 bridgehead atoms. The SMILES string of the molecule is CSC[C@H](NC(=O)CNC(=O)[C@H](Cc1c[nH]c2ccccc12)NC(=O)[C@H](Cc1c[nH]c2ccccc12)NC(=O)CNC(=O)[C@H](Cc1ccccc1)NC(=O)CCCCCCCNI)C(=O)O. The maximum absolute atomic E-state index is 14.4. The Hall–Kier alpha value is -5.93. The van der Waals surface area contributed by atoms with Crippen LogP contribution in [0.2, 0.25) is 0 Å². The summed E-state index contributed by atoms with van der Waals surface area (Å²) >= 11 is 3.36. The fourth-order valence-corrected chi connectivity index (χ4v) is 8.42. The highest BCUT2D eigenvalue weighted by atomic mass is 127. The number of benzene rings is 3. The van der Waals surface area contributed by atoms with Crippen LogP contribution in [0.1, 0.15) is 55.2 Å². The van der Waals surface area contributed by atoms with E-state index >= 15 is 0 Å². The summed E-state index contributed by atoms with van der Waals surface area (Å²) in [7, 11) is 0. The lowest BCUT2D eigenvalue weighted by Gasteiger charge is -2.24. The molecule has 66 heavy (non-hydrogen) atoms. The number of aliphatic carboxylic acids is 1. The van der Waals surface area contributed by atoms with Crippen LogP contribution in [-0.2, 0) is 52.8 Å². The number of carbonyl (C=O) groups is 7. The van der Waals surface area contributed by atoms with Crippen molar-refractivity contribution in [2.45, 2.75) is 82.0 Å². The number of hydrogen-bond acceptors (Lipinski definition) is 9. The van der Waals surface area contributed by atoms with Gasteiger partial charge in [0.15, 0.2) is 0 Å². The van der Waals surface area contributed by atoms with Crippen LogP contribution < -0.4 is 35.4 Å². The van der Waals surface area contributed by atoms with Crippen LogP contribution >= 0.6 is 34.6 Å². The van der Waals surface area contributed by atoms with Crippen molar-refractivity contribution in [3.8, 4) is 0 Å². The lowest BCUT2D eigenvalue weighted by Crippen LogP contribution is -2.57. The van der Waals surface area contributed by atoms with Crippen LogP contribution in [0.25, 0.3) is 21.8 Å². The number of aromatic amines is 2. The molecule has 352 valence electrons. The van der Waals surface area contributed by atoms with Gasteiger partial charge in [0.25, 0.3) is 0 Å². The first-order valence-corrected chi connectivity index (χ1v) is 24.4. The maximum atomic E-state index is 14.4. The van der Waals surface area contributed by atoms with Gasteiger partial charge in [0.1, 0.15) is 24.2 Å². The van der Waals surface area contributed by atoms with Crippen LogP contribution in [0.15, 0.2) is 91.3 Å². The van der Waals surface area contributed by atoms with Crippen molar-refractivity contribution in [2.75, 3.05) is 31.6 Å². The molecule has 0 radical (unpaired) electrons. The van der Waals surface area contributed by atoms with Gasteiger partial charge in [0.05, 0.1) is 13.1 Å². The second kappa shape index (κ2) is 26.9. The fourth-order valence-electron chi connectivity index (χ4n) is 7.48. The molecular weight excluding hydrogens is 978 g/mol. The third-order valence-corrected chi connectivity index (χ3v) is 12.1. The molecule has 0 spiro atoms. The quantitative estimate of drug-likeness (QED) is 0.0198. The highest BCUT2D eigenvalue weighted by molar-refractivity contribution is 14.1. The van der Waals surface area contributed by atoms with E-state index in [4.69, 9.17) is 0 Å². The van der Waals surface area contributed by atoms with Crippen molar-refractivity contribution in [1.82, 2.24) is 45.4 Å². The summed E-state index contributed by atoms with van der Waals surface area (Å²) in [6.07, 6.45) is 10.3. The van der Waals surface area contributed by atoms with E-state index in [0.717, 1.165) is 59.6 Å². The molecule has 10 N–H and O–H groups in total. The number of unbranched alkanes of at least 4 members (excludes halogenated alkanes) is 4. The average molecular weight is 1040 g/mol. The average Bonchev–Trinajstić information content (AvgIpc) is 3.92. The predicted octanol–water partition coefficient (Wildman–Crippen LogP) is 3.58. The van der Waals surface area contributed by atoms with Gasteiger partial charge in [-0.05, 0) is 47.9 Å². The largest absolute Gasteiger partial charge is 0.480 e. The molecule has 0 aliphatic carbocycles. The van der Waals surface area contributed by atoms with Gasteiger partial charge in [-0.2, -0.15) is 11.8 Å². The van der Waals surface area contributed by atoms with Gasteiger partial charge < -0.3 is 47.0 Å². The first-order chi connectivity index (χ1) is 31.9. The molecule has 5 aromatic rings. The number of carbonyl (C=O) groups excluding carboxylic acids is 6. The molecular formula is C47H58IN9O8S. The van der Waals surface area contributed by atoms with E-state index in [1.165, 1.54) is 11.8 Å². The number of aromatic nitrogens is 2. The zero-order chi connectivity index (χ0) is 47.3. The summed E-state index contributed by atoms with van der Waals surface area (Å²) in [4.78, 5) is 99.5. The Labute approximate surface area is 401 Å². The van der Waals surface area contributed by atoms with Crippen molar-refractivity contribution in [3.05, 3.63) is 108 Å². The van der Waals surface area contributed by atoms with E-state index in [1.807, 2.05) is 78.9 Å². The summed E-state index contributed by atoms with van der Waals surface area (Å²) in [5, 5.41) is 27.1. The van der Waals surface area contributed by atoms with Crippen molar-refractivity contribution >= 4 is 97.8 Å². The van der Waals surface area contributed by atoms with Gasteiger partial charge in [-0.15, -0.1) is 0 Å². The van der Waals surface area contributed by atoms with E-state index in [9.17, 15) is 38.7 Å². The van der Waals surface area contributed by atoms with Crippen LogP contribution in [0, 0.1) is 0 Å². The molecule has 0 unspecified atom stereocenters. The number of H-pyrrole nitrogens is 2. The van der Waals surface area contributed by atoms with Crippen molar-refractivity contribution in [1.29, 1.82) is 0 Å². The molecule has 0 saturated carbocycles. The second-order valence-electron chi connectivity index (χ2n) is 15.9. The lowest BCUT2D eigenvalue weighted by molar-refractivity contribution is -0.141. The Kier molecular flexibility index (Phi) is 20.8. The number of nitrogens with one attached hydrogen (secondary N) is 9. The third-order valence-electron chi connectivity index (χ3n) is 10.9. The summed E-state index contributed by atoms with van der Waals surface area (Å²) in [6.45, 7) is -0.151. The van der Waals surface area contributed by atoms with E-state index in [0.29, 0.717) is 17.5 Å². The Morgan fingerprint density at radius 2 is 1.06 bits per heavy atom. The number of carboxylic acid groups (broad SMARTS) is 1. The lowest BCUT2D eigenvalue weighted by atomic mass is 10.0. The van der Waals surface area contributed by atoms with Gasteiger partial charge in [0.2, 0.25) is 35.4 Å². The number of fused-ring (bicyclic) bond motifs is 2.